The average molecular weight is 293 g/mol. The third-order valence-corrected chi connectivity index (χ3v) is 3.27. The number of anilines is 1. The number of nitrogens with zero attached hydrogens (tertiary/aromatic N) is 1. The van der Waals surface area contributed by atoms with E-state index in [9.17, 15) is 4.79 Å². The fraction of sp³-hybridized carbons (Fsp3) is 0.0588. The van der Waals surface area contributed by atoms with E-state index in [2.05, 4.69) is 15.3 Å². The van der Waals surface area contributed by atoms with Crippen molar-refractivity contribution in [3.63, 3.8) is 0 Å². The summed E-state index contributed by atoms with van der Waals surface area (Å²) in [5, 5.41) is 12.3. The molecular formula is C17H15N3O2. The Bertz CT molecular complexity index is 822. The number of carbonyl (C=O) groups excluding carboxylic acids is 1. The molecule has 3 rings (SSSR count). The summed E-state index contributed by atoms with van der Waals surface area (Å²) in [4.78, 5) is 19.1. The standard InChI is InChI=1S/C17H15N3O2/c21-8-4-7-16(22)20-15-11-19-17-14(15)9-13(10-18-17)12-5-2-1-3-6-12/h1-7,9-11,21H,8H2,(H,18,19)(H,20,22). The summed E-state index contributed by atoms with van der Waals surface area (Å²) in [6.07, 6.45) is 6.19. The summed E-state index contributed by atoms with van der Waals surface area (Å²) in [6.45, 7) is -0.166. The summed E-state index contributed by atoms with van der Waals surface area (Å²) in [7, 11) is 0. The van der Waals surface area contributed by atoms with Crippen LogP contribution in [-0.4, -0.2) is 27.6 Å². The predicted octanol–water partition coefficient (Wildman–Crippen LogP) is 2.72. The minimum Gasteiger partial charge on any atom is -0.392 e. The quantitative estimate of drug-likeness (QED) is 0.647. The third-order valence-electron chi connectivity index (χ3n) is 3.27. The van der Waals surface area contributed by atoms with Crippen molar-refractivity contribution >= 4 is 22.6 Å². The molecule has 5 nitrogen and oxygen atoms in total. The molecular weight excluding hydrogens is 278 g/mol. The van der Waals surface area contributed by atoms with E-state index < -0.39 is 0 Å². The number of aromatic amines is 1. The zero-order valence-corrected chi connectivity index (χ0v) is 11.8. The van der Waals surface area contributed by atoms with Gasteiger partial charge in [-0.05, 0) is 11.6 Å². The fourth-order valence-corrected chi connectivity index (χ4v) is 2.23. The fourth-order valence-electron chi connectivity index (χ4n) is 2.23. The molecule has 1 aromatic carbocycles. The molecule has 0 aliphatic rings. The van der Waals surface area contributed by atoms with E-state index in [1.165, 1.54) is 12.2 Å². The van der Waals surface area contributed by atoms with Crippen molar-refractivity contribution in [2.24, 2.45) is 0 Å². The number of H-pyrrole nitrogens is 1. The predicted molar refractivity (Wildman–Crippen MR) is 86.4 cm³/mol. The van der Waals surface area contributed by atoms with Crippen LogP contribution in [0.4, 0.5) is 5.69 Å². The SMILES string of the molecule is O=C(C=CCO)Nc1c[nH]c2ncc(-c3ccccc3)cc12. The van der Waals surface area contributed by atoms with Gasteiger partial charge in [0.25, 0.3) is 0 Å². The normalized spacial score (nSPS) is 11.1. The van der Waals surface area contributed by atoms with E-state index in [1.807, 2.05) is 36.4 Å². The molecule has 2 aromatic heterocycles. The van der Waals surface area contributed by atoms with Crippen molar-refractivity contribution in [1.82, 2.24) is 9.97 Å². The van der Waals surface area contributed by atoms with Gasteiger partial charge in [0.15, 0.2) is 0 Å². The lowest BCUT2D eigenvalue weighted by atomic mass is 10.1. The Morgan fingerprint density at radius 3 is 2.86 bits per heavy atom. The number of hydrogen-bond acceptors (Lipinski definition) is 3. The minimum atomic E-state index is -0.292. The number of hydrogen-bond donors (Lipinski definition) is 3. The number of aliphatic hydroxyl groups excluding tert-OH is 1. The van der Waals surface area contributed by atoms with E-state index in [1.54, 1.807) is 12.4 Å². The molecule has 0 unspecified atom stereocenters. The summed E-state index contributed by atoms with van der Waals surface area (Å²) >= 11 is 0. The molecule has 110 valence electrons. The Hall–Kier alpha value is -2.92. The molecule has 3 aromatic rings. The summed E-state index contributed by atoms with van der Waals surface area (Å²) in [5.41, 5.74) is 3.42. The zero-order valence-electron chi connectivity index (χ0n) is 11.8. The molecule has 0 saturated carbocycles. The Labute approximate surface area is 127 Å². The van der Waals surface area contributed by atoms with Gasteiger partial charge >= 0.3 is 0 Å². The molecule has 2 heterocycles. The van der Waals surface area contributed by atoms with E-state index in [4.69, 9.17) is 5.11 Å². The van der Waals surface area contributed by atoms with Crippen LogP contribution in [0, 0.1) is 0 Å². The molecule has 5 heteroatoms. The van der Waals surface area contributed by atoms with Crippen molar-refractivity contribution in [3.05, 3.63) is 60.9 Å². The first-order chi connectivity index (χ1) is 10.8. The number of carbonyl (C=O) groups is 1. The second kappa shape index (κ2) is 6.24. The van der Waals surface area contributed by atoms with Crippen LogP contribution in [0.2, 0.25) is 0 Å². The molecule has 0 fully saturated rings. The van der Waals surface area contributed by atoms with Crippen LogP contribution in [0.15, 0.2) is 60.9 Å². The van der Waals surface area contributed by atoms with Crippen molar-refractivity contribution in [1.29, 1.82) is 0 Å². The highest BCUT2D eigenvalue weighted by Crippen LogP contribution is 2.27. The summed E-state index contributed by atoms with van der Waals surface area (Å²) in [6, 6.07) is 11.9. The monoisotopic (exact) mass is 293 g/mol. The van der Waals surface area contributed by atoms with Crippen molar-refractivity contribution in [3.8, 4) is 11.1 Å². The van der Waals surface area contributed by atoms with Gasteiger partial charge in [-0.3, -0.25) is 4.79 Å². The topological polar surface area (TPSA) is 78.0 Å². The Morgan fingerprint density at radius 1 is 1.27 bits per heavy atom. The molecule has 22 heavy (non-hydrogen) atoms. The van der Waals surface area contributed by atoms with Gasteiger partial charge in [0.05, 0.1) is 12.3 Å². The first kappa shape index (κ1) is 14.0. The van der Waals surface area contributed by atoms with Gasteiger partial charge in [0.2, 0.25) is 5.91 Å². The average Bonchev–Trinajstić information content (AvgIpc) is 2.96. The van der Waals surface area contributed by atoms with Gasteiger partial charge < -0.3 is 15.4 Å². The van der Waals surface area contributed by atoms with Crippen molar-refractivity contribution < 1.29 is 9.90 Å². The molecule has 0 atom stereocenters. The molecule has 0 bridgehead atoms. The maximum atomic E-state index is 11.7. The lowest BCUT2D eigenvalue weighted by Crippen LogP contribution is -2.07. The lowest BCUT2D eigenvalue weighted by Gasteiger charge is -2.03. The van der Waals surface area contributed by atoms with Gasteiger partial charge in [-0.2, -0.15) is 0 Å². The van der Waals surface area contributed by atoms with Crippen molar-refractivity contribution in [2.75, 3.05) is 11.9 Å². The molecule has 1 amide bonds. The largest absolute Gasteiger partial charge is 0.392 e. The zero-order chi connectivity index (χ0) is 15.4. The molecule has 0 aliphatic heterocycles. The Morgan fingerprint density at radius 2 is 2.09 bits per heavy atom. The highest BCUT2D eigenvalue weighted by atomic mass is 16.2. The lowest BCUT2D eigenvalue weighted by molar-refractivity contribution is -0.111. The van der Waals surface area contributed by atoms with E-state index >= 15 is 0 Å². The number of fused-ring (bicyclic) bond motifs is 1. The second-order valence-corrected chi connectivity index (χ2v) is 4.76. The van der Waals surface area contributed by atoms with E-state index in [-0.39, 0.29) is 12.5 Å². The van der Waals surface area contributed by atoms with Crippen LogP contribution in [0.25, 0.3) is 22.2 Å². The van der Waals surface area contributed by atoms with E-state index in [0.29, 0.717) is 11.3 Å². The first-order valence-electron chi connectivity index (χ1n) is 6.89. The van der Waals surface area contributed by atoms with Gasteiger partial charge in [-0.25, -0.2) is 4.98 Å². The van der Waals surface area contributed by atoms with E-state index in [0.717, 1.165) is 16.5 Å². The minimum absolute atomic E-state index is 0.166. The molecule has 0 spiro atoms. The number of amides is 1. The molecule has 0 aliphatic carbocycles. The summed E-state index contributed by atoms with van der Waals surface area (Å²) in [5.74, 6) is -0.292. The molecule has 3 N–H and O–H groups in total. The first-order valence-corrected chi connectivity index (χ1v) is 6.89. The van der Waals surface area contributed by atoms with Gasteiger partial charge in [-0.1, -0.05) is 36.4 Å². The second-order valence-electron chi connectivity index (χ2n) is 4.76. The number of benzene rings is 1. The number of aromatic nitrogens is 2. The highest BCUT2D eigenvalue weighted by Gasteiger charge is 2.08. The Balaban J connectivity index is 1.95. The van der Waals surface area contributed by atoms with Gasteiger partial charge in [0, 0.05) is 29.4 Å². The maximum absolute atomic E-state index is 11.7. The van der Waals surface area contributed by atoms with Crippen LogP contribution in [0.3, 0.4) is 0 Å². The summed E-state index contributed by atoms with van der Waals surface area (Å²) < 4.78 is 0. The van der Waals surface area contributed by atoms with Crippen LogP contribution >= 0.6 is 0 Å². The maximum Gasteiger partial charge on any atom is 0.248 e. The third kappa shape index (κ3) is 2.89. The van der Waals surface area contributed by atoms with Crippen LogP contribution in [0.5, 0.6) is 0 Å². The molecule has 0 saturated heterocycles. The van der Waals surface area contributed by atoms with Crippen LogP contribution in [0.1, 0.15) is 0 Å². The van der Waals surface area contributed by atoms with Crippen molar-refractivity contribution in [2.45, 2.75) is 0 Å². The van der Waals surface area contributed by atoms with Gasteiger partial charge in [0.1, 0.15) is 5.65 Å². The number of pyridine rings is 1. The molecule has 0 radical (unpaired) electrons. The van der Waals surface area contributed by atoms with Gasteiger partial charge in [-0.15, -0.1) is 0 Å². The number of aliphatic hydroxyl groups is 1. The number of rotatable bonds is 4. The number of nitrogens with one attached hydrogen (secondary N) is 2. The smallest absolute Gasteiger partial charge is 0.248 e. The van der Waals surface area contributed by atoms with Crippen LogP contribution in [-0.2, 0) is 4.79 Å². The Kier molecular flexibility index (Phi) is 3.98. The highest BCUT2D eigenvalue weighted by molar-refractivity contribution is 6.05. The van der Waals surface area contributed by atoms with Crippen LogP contribution < -0.4 is 5.32 Å².